The van der Waals surface area contributed by atoms with Crippen molar-refractivity contribution in [2.45, 2.75) is 26.8 Å². The molecule has 0 amide bonds. The van der Waals surface area contributed by atoms with E-state index in [4.69, 9.17) is 5.73 Å². The van der Waals surface area contributed by atoms with Crippen LogP contribution in [0.1, 0.15) is 20.8 Å². The van der Waals surface area contributed by atoms with Crippen LogP contribution in [0.4, 0.5) is 0 Å². The van der Waals surface area contributed by atoms with Crippen LogP contribution in [-0.2, 0) is 0 Å². The summed E-state index contributed by atoms with van der Waals surface area (Å²) in [5.41, 5.74) is 6.70. The summed E-state index contributed by atoms with van der Waals surface area (Å²) >= 11 is 0. The van der Waals surface area contributed by atoms with Crippen molar-refractivity contribution < 1.29 is 5.48 Å². The second kappa shape index (κ2) is 4.81. The van der Waals surface area contributed by atoms with Crippen LogP contribution in [0.2, 0.25) is 0 Å². The molecule has 0 rings (SSSR count). The van der Waals surface area contributed by atoms with Crippen LogP contribution >= 0.6 is 0 Å². The van der Waals surface area contributed by atoms with Gasteiger partial charge >= 0.3 is 0 Å². The van der Waals surface area contributed by atoms with Gasteiger partial charge in [0, 0.05) is 6.04 Å². The summed E-state index contributed by atoms with van der Waals surface area (Å²) in [5.74, 6) is 0. The number of hydrogen-bond donors (Lipinski definition) is 1. The first kappa shape index (κ1) is 10.6. The normalized spacial score (nSPS) is 11.5. The minimum atomic E-state index is 0. The average Bonchev–Trinajstić information content (AvgIpc) is 1.27. The minimum absolute atomic E-state index is 0. The summed E-state index contributed by atoms with van der Waals surface area (Å²) < 4.78 is 0. The van der Waals surface area contributed by atoms with Crippen LogP contribution in [0.3, 0.4) is 0 Å². The molecule has 0 fully saturated rings. The van der Waals surface area contributed by atoms with Crippen molar-refractivity contribution in [3.8, 4) is 0 Å². The Labute approximate surface area is 50.7 Å². The van der Waals surface area contributed by atoms with E-state index >= 15 is 0 Å². The third kappa shape index (κ3) is 9.18. The molecule has 0 aliphatic heterocycles. The lowest BCUT2D eigenvalue weighted by Gasteiger charge is -1.93. The lowest BCUT2D eigenvalue weighted by atomic mass is 10.2. The van der Waals surface area contributed by atoms with Gasteiger partial charge < -0.3 is 11.2 Å². The van der Waals surface area contributed by atoms with Crippen LogP contribution in [0, 0.1) is 0 Å². The van der Waals surface area contributed by atoms with Gasteiger partial charge in [-0.05, 0) is 20.8 Å². The van der Waals surface area contributed by atoms with Gasteiger partial charge in [0.05, 0.1) is 0 Å². The number of rotatable bonds is 1. The molecule has 0 spiro atoms. The largest absolute Gasteiger partial charge is 0.412 e. The van der Waals surface area contributed by atoms with Gasteiger partial charge in [-0.1, -0.05) is 11.6 Å². The Kier molecular flexibility index (Phi) is 6.38. The molecule has 0 heterocycles. The molecule has 0 aromatic carbocycles. The third-order valence-electron chi connectivity index (χ3n) is 0.596. The highest BCUT2D eigenvalue weighted by atomic mass is 16.0. The molecule has 0 saturated carbocycles. The molecule has 4 N–H and O–H groups in total. The Hall–Kier alpha value is -0.340. The first-order valence-electron chi connectivity index (χ1n) is 2.53. The van der Waals surface area contributed by atoms with E-state index in [1.807, 2.05) is 26.8 Å². The monoisotopic (exact) mass is 117 g/mol. The fourth-order valence-corrected chi connectivity index (χ4v) is 0.526. The highest BCUT2D eigenvalue weighted by Gasteiger charge is 1.82. The lowest BCUT2D eigenvalue weighted by molar-refractivity contribution is 0.824. The van der Waals surface area contributed by atoms with Crippen molar-refractivity contribution in [3.05, 3.63) is 11.6 Å². The molecule has 1 unspecified atom stereocenters. The molecule has 2 nitrogen and oxygen atoms in total. The maximum absolute atomic E-state index is 5.42. The standard InChI is InChI=1S/C6H13N.H2O/c1-5(2)4-6(3)7;/h4,6H,7H2,1-3H3;1H2. The molecule has 0 bridgehead atoms. The Morgan fingerprint density at radius 3 is 1.88 bits per heavy atom. The molecule has 0 aromatic rings. The first-order chi connectivity index (χ1) is 3.13. The van der Waals surface area contributed by atoms with Gasteiger partial charge in [0.2, 0.25) is 0 Å². The predicted octanol–water partition coefficient (Wildman–Crippen LogP) is 0.475. The Morgan fingerprint density at radius 2 is 1.88 bits per heavy atom. The molecule has 0 aliphatic rings. The fraction of sp³-hybridized carbons (Fsp3) is 0.667. The zero-order valence-electron chi connectivity index (χ0n) is 5.73. The topological polar surface area (TPSA) is 57.5 Å². The van der Waals surface area contributed by atoms with E-state index in [0.717, 1.165) is 0 Å². The highest BCUT2D eigenvalue weighted by Crippen LogP contribution is 1.88. The van der Waals surface area contributed by atoms with E-state index in [9.17, 15) is 0 Å². The summed E-state index contributed by atoms with van der Waals surface area (Å²) in [4.78, 5) is 0. The molecule has 0 aromatic heterocycles. The van der Waals surface area contributed by atoms with Gasteiger partial charge in [0.15, 0.2) is 0 Å². The minimum Gasteiger partial charge on any atom is -0.412 e. The van der Waals surface area contributed by atoms with Gasteiger partial charge in [-0.2, -0.15) is 0 Å². The molecular weight excluding hydrogens is 102 g/mol. The molecule has 0 saturated heterocycles. The summed E-state index contributed by atoms with van der Waals surface area (Å²) in [7, 11) is 0. The van der Waals surface area contributed by atoms with E-state index in [2.05, 4.69) is 0 Å². The molecule has 0 aliphatic carbocycles. The van der Waals surface area contributed by atoms with Crippen molar-refractivity contribution in [1.82, 2.24) is 0 Å². The van der Waals surface area contributed by atoms with Crippen molar-refractivity contribution in [2.75, 3.05) is 0 Å². The van der Waals surface area contributed by atoms with E-state index < -0.39 is 0 Å². The van der Waals surface area contributed by atoms with Crippen molar-refractivity contribution in [3.63, 3.8) is 0 Å². The molecular formula is C6H15NO. The number of nitrogens with two attached hydrogens (primary N) is 1. The van der Waals surface area contributed by atoms with E-state index in [1.165, 1.54) is 5.57 Å². The first-order valence-corrected chi connectivity index (χ1v) is 2.53. The van der Waals surface area contributed by atoms with E-state index in [0.29, 0.717) is 0 Å². The van der Waals surface area contributed by atoms with Gasteiger partial charge in [0.25, 0.3) is 0 Å². The average molecular weight is 117 g/mol. The Bertz CT molecular complexity index is 72.6. The van der Waals surface area contributed by atoms with Crippen LogP contribution < -0.4 is 5.73 Å². The van der Waals surface area contributed by atoms with E-state index in [-0.39, 0.29) is 11.5 Å². The van der Waals surface area contributed by atoms with Crippen molar-refractivity contribution in [2.24, 2.45) is 5.73 Å². The van der Waals surface area contributed by atoms with Gasteiger partial charge in [-0.3, -0.25) is 0 Å². The van der Waals surface area contributed by atoms with Gasteiger partial charge in [0.1, 0.15) is 0 Å². The molecule has 0 radical (unpaired) electrons. The zero-order valence-corrected chi connectivity index (χ0v) is 5.73. The maximum atomic E-state index is 5.42. The molecule has 50 valence electrons. The van der Waals surface area contributed by atoms with Gasteiger partial charge in [-0.25, -0.2) is 0 Å². The van der Waals surface area contributed by atoms with Crippen LogP contribution in [0.25, 0.3) is 0 Å². The lowest BCUT2D eigenvalue weighted by Crippen LogP contribution is -2.10. The quantitative estimate of drug-likeness (QED) is 0.499. The van der Waals surface area contributed by atoms with Crippen LogP contribution in [-0.4, -0.2) is 11.5 Å². The summed E-state index contributed by atoms with van der Waals surface area (Å²) in [6.07, 6.45) is 2.03. The Morgan fingerprint density at radius 1 is 1.50 bits per heavy atom. The summed E-state index contributed by atoms with van der Waals surface area (Å²) in [5, 5.41) is 0. The second-order valence-corrected chi connectivity index (χ2v) is 2.10. The zero-order chi connectivity index (χ0) is 5.86. The maximum Gasteiger partial charge on any atom is 0.0197 e. The van der Waals surface area contributed by atoms with Crippen LogP contribution in [0.5, 0.6) is 0 Å². The van der Waals surface area contributed by atoms with Crippen molar-refractivity contribution in [1.29, 1.82) is 0 Å². The fourth-order valence-electron chi connectivity index (χ4n) is 0.526. The summed E-state index contributed by atoms with van der Waals surface area (Å²) in [6, 6.07) is 0.213. The third-order valence-corrected chi connectivity index (χ3v) is 0.596. The molecule has 2 heteroatoms. The second-order valence-electron chi connectivity index (χ2n) is 2.10. The number of hydrogen-bond acceptors (Lipinski definition) is 1. The highest BCUT2D eigenvalue weighted by molar-refractivity contribution is 4.97. The van der Waals surface area contributed by atoms with Crippen LogP contribution in [0.15, 0.2) is 11.6 Å². The molecule has 8 heavy (non-hydrogen) atoms. The molecule has 1 atom stereocenters. The SMILES string of the molecule is CC(C)=CC(C)N.O. The van der Waals surface area contributed by atoms with E-state index in [1.54, 1.807) is 0 Å². The van der Waals surface area contributed by atoms with Gasteiger partial charge in [-0.15, -0.1) is 0 Å². The summed E-state index contributed by atoms with van der Waals surface area (Å²) in [6.45, 7) is 6.06. The predicted molar refractivity (Wildman–Crippen MR) is 36.7 cm³/mol. The van der Waals surface area contributed by atoms with Crippen molar-refractivity contribution >= 4 is 0 Å². The Balaban J connectivity index is 0. The smallest absolute Gasteiger partial charge is 0.0197 e. The number of allylic oxidation sites excluding steroid dienone is 1.